The third-order valence-electron chi connectivity index (χ3n) is 5.59. The van der Waals surface area contributed by atoms with E-state index in [4.69, 9.17) is 11.6 Å². The number of imidazole rings is 1. The second-order valence-corrected chi connectivity index (χ2v) is 7.98. The molecule has 1 aliphatic rings. The smallest absolute Gasteiger partial charge is 0.223 e. The maximum Gasteiger partial charge on any atom is 0.223 e. The van der Waals surface area contributed by atoms with Gasteiger partial charge >= 0.3 is 0 Å². The average molecular weight is 363 g/mol. The predicted molar refractivity (Wildman–Crippen MR) is 92.5 cm³/mol. The zero-order valence-electron chi connectivity index (χ0n) is 14.4. The summed E-state index contributed by atoms with van der Waals surface area (Å²) in [5, 5.41) is -0.0862. The van der Waals surface area contributed by atoms with Crippen molar-refractivity contribution >= 4 is 22.6 Å². The lowest BCUT2D eigenvalue weighted by atomic mass is 9.75. The van der Waals surface area contributed by atoms with E-state index in [0.29, 0.717) is 16.6 Å². The molecule has 0 aliphatic carbocycles. The highest BCUT2D eigenvalue weighted by molar-refractivity contribution is 6.28. The number of hydrogen-bond acceptors (Lipinski definition) is 3. The molecule has 25 heavy (non-hydrogen) atoms. The molecule has 2 aromatic heterocycles. The Labute approximate surface area is 148 Å². The summed E-state index contributed by atoms with van der Waals surface area (Å²) in [6, 6.07) is 2.96. The van der Waals surface area contributed by atoms with E-state index in [1.165, 1.54) is 6.07 Å². The Morgan fingerprint density at radius 1 is 1.08 bits per heavy atom. The molecule has 130 valence electrons. The molecule has 4 nitrogen and oxygen atoms in total. The van der Waals surface area contributed by atoms with Gasteiger partial charge in [-0.15, -0.1) is 0 Å². The van der Waals surface area contributed by atoms with Crippen LogP contribution in [0, 0.1) is 17.0 Å². The summed E-state index contributed by atoms with van der Waals surface area (Å²) < 4.78 is 30.9. The van der Waals surface area contributed by atoms with E-state index in [1.54, 1.807) is 6.07 Å². The highest BCUT2D eigenvalue weighted by Gasteiger charge is 2.47. The molecule has 7 heteroatoms. The van der Waals surface area contributed by atoms with Crippen LogP contribution in [-0.2, 0) is 12.0 Å². The second kappa shape index (κ2) is 4.97. The number of aromatic nitrogens is 4. The van der Waals surface area contributed by atoms with E-state index in [1.807, 2.05) is 0 Å². The summed E-state index contributed by atoms with van der Waals surface area (Å²) in [4.78, 5) is 12.0. The van der Waals surface area contributed by atoms with Crippen molar-refractivity contribution < 1.29 is 8.78 Å². The fraction of sp³-hybridized carbons (Fsp3) is 0.389. The number of halogens is 3. The predicted octanol–water partition coefficient (Wildman–Crippen LogP) is 4.74. The minimum atomic E-state index is -0.649. The molecule has 0 fully saturated rings. The molecule has 0 saturated heterocycles. The first-order valence-electron chi connectivity index (χ1n) is 8.01. The summed E-state index contributed by atoms with van der Waals surface area (Å²) >= 11 is 5.78. The molecule has 0 saturated carbocycles. The van der Waals surface area contributed by atoms with Gasteiger partial charge in [-0.05, 0) is 43.0 Å². The van der Waals surface area contributed by atoms with Gasteiger partial charge in [-0.25, -0.2) is 23.7 Å². The third kappa shape index (κ3) is 2.20. The molecular formula is C18H17ClF2N4. The summed E-state index contributed by atoms with van der Waals surface area (Å²) in [5.74, 6) is -0.316. The molecule has 0 bridgehead atoms. The molecule has 0 atom stereocenters. The van der Waals surface area contributed by atoms with Crippen molar-refractivity contribution in [2.45, 2.75) is 39.7 Å². The Morgan fingerprint density at radius 3 is 2.52 bits per heavy atom. The molecule has 3 aromatic rings. The van der Waals surface area contributed by atoms with E-state index in [-0.39, 0.29) is 21.9 Å². The number of hydrogen-bond donors (Lipinski definition) is 0. The number of nitrogens with zero attached hydrogens (tertiary/aromatic N) is 4. The molecule has 0 amide bonds. The van der Waals surface area contributed by atoms with Crippen LogP contribution in [0.25, 0.3) is 22.3 Å². The highest BCUT2D eigenvalue weighted by Crippen LogP contribution is 2.48. The fourth-order valence-corrected chi connectivity index (χ4v) is 3.66. The van der Waals surface area contributed by atoms with Gasteiger partial charge in [-0.2, -0.15) is 0 Å². The lowest BCUT2D eigenvalue weighted by Crippen LogP contribution is -2.36. The van der Waals surface area contributed by atoms with Crippen LogP contribution < -0.4 is 0 Å². The van der Waals surface area contributed by atoms with Crippen LogP contribution in [0.5, 0.6) is 0 Å². The maximum absolute atomic E-state index is 14.7. The van der Waals surface area contributed by atoms with Crippen molar-refractivity contribution in [3.8, 4) is 11.3 Å². The molecule has 0 spiro atoms. The van der Waals surface area contributed by atoms with Crippen LogP contribution in [-0.4, -0.2) is 19.5 Å². The molecule has 1 aliphatic heterocycles. The average Bonchev–Trinajstić information content (AvgIpc) is 2.95. The molecule has 0 radical (unpaired) electrons. The van der Waals surface area contributed by atoms with Crippen molar-refractivity contribution in [2.75, 3.05) is 0 Å². The molecule has 4 rings (SSSR count). The van der Waals surface area contributed by atoms with Crippen LogP contribution >= 0.6 is 11.6 Å². The zero-order valence-corrected chi connectivity index (χ0v) is 15.1. The van der Waals surface area contributed by atoms with Gasteiger partial charge in [0.05, 0.1) is 11.7 Å². The van der Waals surface area contributed by atoms with Crippen LogP contribution in [0.3, 0.4) is 0 Å². The fourth-order valence-electron chi connectivity index (χ4n) is 3.53. The van der Waals surface area contributed by atoms with E-state index in [0.717, 1.165) is 18.4 Å². The second-order valence-electron chi connectivity index (χ2n) is 7.64. The minimum Gasteiger partial charge on any atom is -0.322 e. The molecule has 0 unspecified atom stereocenters. The first-order valence-corrected chi connectivity index (χ1v) is 8.39. The summed E-state index contributed by atoms with van der Waals surface area (Å²) in [7, 11) is 0. The van der Waals surface area contributed by atoms with Crippen molar-refractivity contribution in [3.05, 3.63) is 41.1 Å². The lowest BCUT2D eigenvalue weighted by molar-refractivity contribution is 0.166. The van der Waals surface area contributed by atoms with Gasteiger partial charge in [0.1, 0.15) is 17.0 Å². The van der Waals surface area contributed by atoms with Crippen LogP contribution in [0.1, 0.15) is 33.5 Å². The Morgan fingerprint density at radius 2 is 1.80 bits per heavy atom. The van der Waals surface area contributed by atoms with Crippen LogP contribution in [0.2, 0.25) is 5.28 Å². The number of rotatable bonds is 1. The Bertz CT molecular complexity index is 1020. The normalized spacial score (nSPS) is 17.9. The maximum atomic E-state index is 14.7. The monoisotopic (exact) mass is 362 g/mol. The van der Waals surface area contributed by atoms with Crippen molar-refractivity contribution in [1.82, 2.24) is 19.5 Å². The molecular weight excluding hydrogens is 346 g/mol. The van der Waals surface area contributed by atoms with Crippen molar-refractivity contribution in [3.63, 3.8) is 0 Å². The quantitative estimate of drug-likeness (QED) is 0.587. The van der Waals surface area contributed by atoms with Crippen LogP contribution in [0.15, 0.2) is 18.3 Å². The highest BCUT2D eigenvalue weighted by atomic mass is 35.5. The third-order valence-corrected chi connectivity index (χ3v) is 5.77. The largest absolute Gasteiger partial charge is 0.322 e. The molecule has 1 aromatic carbocycles. The van der Waals surface area contributed by atoms with E-state index < -0.39 is 11.6 Å². The van der Waals surface area contributed by atoms with E-state index in [9.17, 15) is 8.78 Å². The van der Waals surface area contributed by atoms with Gasteiger partial charge in [0.2, 0.25) is 5.28 Å². The summed E-state index contributed by atoms with van der Waals surface area (Å²) in [6.07, 6.45) is 1.73. The topological polar surface area (TPSA) is 43.6 Å². The Kier molecular flexibility index (Phi) is 3.26. The molecule has 3 heterocycles. The number of fused-ring (bicyclic) bond motifs is 3. The Hall–Kier alpha value is -2.08. The number of benzene rings is 1. The SMILES string of the molecule is CC1(C)Cc2nc3c(F)cc(-c4nc(Cl)ncc4F)cc3n2C1(C)C. The van der Waals surface area contributed by atoms with Gasteiger partial charge in [0.15, 0.2) is 11.6 Å². The first kappa shape index (κ1) is 16.4. The Balaban J connectivity index is 2.02. The lowest BCUT2D eigenvalue weighted by Gasteiger charge is -2.36. The van der Waals surface area contributed by atoms with Gasteiger partial charge < -0.3 is 4.57 Å². The minimum absolute atomic E-state index is 0.0218. The van der Waals surface area contributed by atoms with E-state index >= 15 is 0 Å². The van der Waals surface area contributed by atoms with E-state index in [2.05, 4.69) is 47.2 Å². The standard InChI is InChI=1S/C18H17ClF2N4/c1-17(2)7-13-23-15-10(20)5-9(6-12(15)25(13)18(17,3)4)14-11(21)8-22-16(19)24-14/h5-6,8H,7H2,1-4H3. The summed E-state index contributed by atoms with van der Waals surface area (Å²) in [6.45, 7) is 8.55. The van der Waals surface area contributed by atoms with Gasteiger partial charge in [-0.3, -0.25) is 0 Å². The van der Waals surface area contributed by atoms with Gasteiger partial charge in [-0.1, -0.05) is 13.8 Å². The van der Waals surface area contributed by atoms with Gasteiger partial charge in [0, 0.05) is 17.5 Å². The van der Waals surface area contributed by atoms with Crippen molar-refractivity contribution in [2.24, 2.45) is 5.41 Å². The zero-order chi connectivity index (χ0) is 18.1. The van der Waals surface area contributed by atoms with Gasteiger partial charge in [0.25, 0.3) is 0 Å². The van der Waals surface area contributed by atoms with Crippen molar-refractivity contribution in [1.29, 1.82) is 0 Å². The summed E-state index contributed by atoms with van der Waals surface area (Å²) in [5.41, 5.74) is 0.933. The van der Waals surface area contributed by atoms with Crippen LogP contribution in [0.4, 0.5) is 8.78 Å². The first-order chi connectivity index (χ1) is 11.6. The molecule has 0 N–H and O–H groups in total.